The Morgan fingerprint density at radius 1 is 1.16 bits per heavy atom. The first-order valence-corrected chi connectivity index (χ1v) is 7.47. The molecule has 7 heteroatoms. The van der Waals surface area contributed by atoms with E-state index in [4.69, 9.17) is 4.42 Å². The quantitative estimate of drug-likeness (QED) is 0.581. The van der Waals surface area contributed by atoms with Crippen molar-refractivity contribution in [3.63, 3.8) is 0 Å². The topological polar surface area (TPSA) is 102 Å². The van der Waals surface area contributed by atoms with E-state index in [9.17, 15) is 19.7 Å². The number of carbonyl (C=O) groups excluding carboxylic acids is 1. The standard InChI is InChI=1S/C18H14N2O5/c1-10-7-8-14(20(23)24)11(2)16(10)19-17(21)15-9-12-5-3-4-6-13(12)18(22)25-15/h3-9H,1-2H3,(H,19,21). The summed E-state index contributed by atoms with van der Waals surface area (Å²) in [5.41, 5.74) is 0.618. The van der Waals surface area contributed by atoms with E-state index in [-0.39, 0.29) is 11.4 Å². The molecule has 0 aliphatic rings. The van der Waals surface area contributed by atoms with Gasteiger partial charge in [-0.15, -0.1) is 0 Å². The maximum atomic E-state index is 12.5. The van der Waals surface area contributed by atoms with Crippen LogP contribution in [0.5, 0.6) is 0 Å². The normalized spacial score (nSPS) is 10.6. The molecule has 0 atom stereocenters. The zero-order valence-corrected chi connectivity index (χ0v) is 13.5. The third kappa shape index (κ3) is 2.99. The average Bonchev–Trinajstić information content (AvgIpc) is 2.58. The molecule has 2 aromatic carbocycles. The van der Waals surface area contributed by atoms with E-state index >= 15 is 0 Å². The number of rotatable bonds is 3. The number of benzene rings is 2. The zero-order valence-electron chi connectivity index (χ0n) is 13.5. The van der Waals surface area contributed by atoms with Gasteiger partial charge < -0.3 is 9.73 Å². The van der Waals surface area contributed by atoms with E-state index < -0.39 is 16.5 Å². The smallest absolute Gasteiger partial charge is 0.344 e. The molecule has 0 bridgehead atoms. The molecule has 0 unspecified atom stereocenters. The molecular weight excluding hydrogens is 324 g/mol. The van der Waals surface area contributed by atoms with Crippen molar-refractivity contribution in [1.29, 1.82) is 0 Å². The van der Waals surface area contributed by atoms with E-state index in [0.717, 1.165) is 0 Å². The Balaban J connectivity index is 2.02. The van der Waals surface area contributed by atoms with Crippen molar-refractivity contribution in [1.82, 2.24) is 0 Å². The van der Waals surface area contributed by atoms with Gasteiger partial charge in [-0.05, 0) is 36.9 Å². The highest BCUT2D eigenvalue weighted by atomic mass is 16.6. The molecule has 1 heterocycles. The lowest BCUT2D eigenvalue weighted by molar-refractivity contribution is -0.385. The Morgan fingerprint density at radius 2 is 1.88 bits per heavy atom. The number of hydrogen-bond donors (Lipinski definition) is 1. The summed E-state index contributed by atoms with van der Waals surface area (Å²) >= 11 is 0. The number of fused-ring (bicyclic) bond motifs is 1. The molecule has 7 nitrogen and oxygen atoms in total. The molecule has 3 aromatic rings. The Morgan fingerprint density at radius 3 is 2.60 bits per heavy atom. The Kier molecular flexibility index (Phi) is 4.06. The lowest BCUT2D eigenvalue weighted by atomic mass is 10.1. The molecule has 3 rings (SSSR count). The van der Waals surface area contributed by atoms with Crippen LogP contribution in [0.2, 0.25) is 0 Å². The summed E-state index contributed by atoms with van der Waals surface area (Å²) in [5, 5.41) is 14.6. The summed E-state index contributed by atoms with van der Waals surface area (Å²) in [4.78, 5) is 35.0. The van der Waals surface area contributed by atoms with Crippen molar-refractivity contribution >= 4 is 28.1 Å². The fourth-order valence-corrected chi connectivity index (χ4v) is 2.65. The predicted molar refractivity (Wildman–Crippen MR) is 93.0 cm³/mol. The Hall–Kier alpha value is -3.48. The van der Waals surface area contributed by atoms with Gasteiger partial charge >= 0.3 is 5.63 Å². The minimum atomic E-state index is -0.644. The third-order valence-corrected chi connectivity index (χ3v) is 3.97. The van der Waals surface area contributed by atoms with Crippen molar-refractivity contribution in [3.8, 4) is 0 Å². The van der Waals surface area contributed by atoms with Gasteiger partial charge in [0.05, 0.1) is 21.6 Å². The monoisotopic (exact) mass is 338 g/mol. The molecule has 0 fully saturated rings. The van der Waals surface area contributed by atoms with Gasteiger partial charge in [0.1, 0.15) is 0 Å². The number of hydrogen-bond acceptors (Lipinski definition) is 5. The van der Waals surface area contributed by atoms with Crippen molar-refractivity contribution in [3.05, 3.63) is 79.9 Å². The largest absolute Gasteiger partial charge is 0.417 e. The van der Waals surface area contributed by atoms with Crippen molar-refractivity contribution in [2.75, 3.05) is 5.32 Å². The van der Waals surface area contributed by atoms with Crippen LogP contribution in [0.4, 0.5) is 11.4 Å². The van der Waals surface area contributed by atoms with Crippen LogP contribution in [0, 0.1) is 24.0 Å². The van der Waals surface area contributed by atoms with Crippen molar-refractivity contribution in [2.24, 2.45) is 0 Å². The van der Waals surface area contributed by atoms with Crippen molar-refractivity contribution in [2.45, 2.75) is 13.8 Å². The van der Waals surface area contributed by atoms with Gasteiger partial charge in [0, 0.05) is 6.07 Å². The fraction of sp³-hybridized carbons (Fsp3) is 0.111. The molecule has 126 valence electrons. The average molecular weight is 338 g/mol. The number of nitrogens with one attached hydrogen (secondary N) is 1. The first-order valence-electron chi connectivity index (χ1n) is 7.47. The molecule has 0 saturated heterocycles. The highest BCUT2D eigenvalue weighted by Gasteiger charge is 2.19. The summed E-state index contributed by atoms with van der Waals surface area (Å²) < 4.78 is 5.08. The first-order chi connectivity index (χ1) is 11.9. The van der Waals surface area contributed by atoms with E-state index in [1.54, 1.807) is 44.2 Å². The minimum Gasteiger partial charge on any atom is -0.417 e. The van der Waals surface area contributed by atoms with Crippen LogP contribution in [0.25, 0.3) is 10.8 Å². The number of carbonyl (C=O) groups is 1. The number of amides is 1. The van der Waals surface area contributed by atoms with E-state index in [1.165, 1.54) is 12.1 Å². The summed E-state index contributed by atoms with van der Waals surface area (Å²) in [6, 6.07) is 11.2. The van der Waals surface area contributed by atoms with Crippen LogP contribution >= 0.6 is 0 Å². The second-order valence-corrected chi connectivity index (χ2v) is 5.60. The summed E-state index contributed by atoms with van der Waals surface area (Å²) in [6.45, 7) is 3.28. The van der Waals surface area contributed by atoms with E-state index in [2.05, 4.69) is 5.32 Å². The predicted octanol–water partition coefficient (Wildman–Crippen LogP) is 3.57. The maximum Gasteiger partial charge on any atom is 0.344 e. The summed E-state index contributed by atoms with van der Waals surface area (Å²) in [7, 11) is 0. The molecule has 1 N–H and O–H groups in total. The van der Waals surface area contributed by atoms with Crippen molar-refractivity contribution < 1.29 is 14.1 Å². The number of aryl methyl sites for hydroxylation is 1. The van der Waals surface area contributed by atoms with Gasteiger partial charge in [-0.1, -0.05) is 24.3 Å². The summed E-state index contributed by atoms with van der Waals surface area (Å²) in [5.74, 6) is -0.802. The molecule has 0 aliphatic heterocycles. The number of nitro benzene ring substituents is 1. The molecule has 1 aromatic heterocycles. The van der Waals surface area contributed by atoms with Gasteiger partial charge in [-0.2, -0.15) is 0 Å². The molecule has 0 radical (unpaired) electrons. The lowest BCUT2D eigenvalue weighted by Gasteiger charge is -2.11. The van der Waals surface area contributed by atoms with Crippen LogP contribution in [-0.2, 0) is 0 Å². The fourth-order valence-electron chi connectivity index (χ4n) is 2.65. The van der Waals surface area contributed by atoms with Gasteiger partial charge in [-0.25, -0.2) is 4.79 Å². The lowest BCUT2D eigenvalue weighted by Crippen LogP contribution is -2.16. The first kappa shape index (κ1) is 16.4. The second-order valence-electron chi connectivity index (χ2n) is 5.60. The molecule has 0 spiro atoms. The number of nitrogens with zero attached hydrogens (tertiary/aromatic N) is 1. The minimum absolute atomic E-state index is 0.0964. The van der Waals surface area contributed by atoms with Gasteiger partial charge in [0.2, 0.25) is 0 Å². The summed E-state index contributed by atoms with van der Waals surface area (Å²) in [6.07, 6.45) is 0. The van der Waals surface area contributed by atoms with E-state index in [1.807, 2.05) is 0 Å². The van der Waals surface area contributed by atoms with Crippen LogP contribution in [0.1, 0.15) is 21.7 Å². The van der Waals surface area contributed by atoms with Crippen LogP contribution in [0.15, 0.2) is 51.7 Å². The highest BCUT2D eigenvalue weighted by Crippen LogP contribution is 2.29. The van der Waals surface area contributed by atoms with Crippen LogP contribution in [-0.4, -0.2) is 10.8 Å². The van der Waals surface area contributed by atoms with Gasteiger partial charge in [0.15, 0.2) is 5.76 Å². The third-order valence-electron chi connectivity index (χ3n) is 3.97. The molecule has 1 amide bonds. The zero-order chi connectivity index (χ0) is 18.1. The van der Waals surface area contributed by atoms with Crippen LogP contribution in [0.3, 0.4) is 0 Å². The van der Waals surface area contributed by atoms with Gasteiger partial charge in [0.25, 0.3) is 11.6 Å². The number of anilines is 1. The van der Waals surface area contributed by atoms with E-state index in [0.29, 0.717) is 27.6 Å². The molecular formula is C18H14N2O5. The molecule has 0 aliphatic carbocycles. The second kappa shape index (κ2) is 6.20. The SMILES string of the molecule is Cc1ccc([N+](=O)[O-])c(C)c1NC(=O)c1cc2ccccc2c(=O)o1. The highest BCUT2D eigenvalue weighted by molar-refractivity contribution is 6.05. The number of nitro groups is 1. The molecule has 25 heavy (non-hydrogen) atoms. The molecule has 0 saturated carbocycles. The Labute approximate surface area is 142 Å². The Bertz CT molecular complexity index is 1070. The van der Waals surface area contributed by atoms with Gasteiger partial charge in [-0.3, -0.25) is 14.9 Å². The maximum absolute atomic E-state index is 12.5. The van der Waals surface area contributed by atoms with Crippen LogP contribution < -0.4 is 10.9 Å².